The largest absolute Gasteiger partial charge is 0.459 e. The number of furan rings is 1. The first-order valence-electron chi connectivity index (χ1n) is 9.08. The van der Waals surface area contributed by atoms with E-state index in [4.69, 9.17) is 4.42 Å². The number of halogens is 1. The van der Waals surface area contributed by atoms with Crippen molar-refractivity contribution >= 4 is 23.5 Å². The van der Waals surface area contributed by atoms with Gasteiger partial charge in [-0.15, -0.1) is 0 Å². The highest BCUT2D eigenvalue weighted by Gasteiger charge is 2.27. The van der Waals surface area contributed by atoms with Gasteiger partial charge in [0.15, 0.2) is 5.76 Å². The van der Waals surface area contributed by atoms with Crippen LogP contribution in [0.4, 0.5) is 16.0 Å². The zero-order valence-corrected chi connectivity index (χ0v) is 15.4. The summed E-state index contributed by atoms with van der Waals surface area (Å²) in [5, 5.41) is 2.94. The zero-order chi connectivity index (χ0) is 20.2. The minimum absolute atomic E-state index is 0.185. The molecule has 1 aromatic carbocycles. The number of rotatable bonds is 4. The SMILES string of the molecule is O=C(c1ccnc(Nc2ccc(F)cc2)n1)N1CCN(C(=O)c2ccco2)CC1. The summed E-state index contributed by atoms with van der Waals surface area (Å²) in [6, 6.07) is 10.6. The van der Waals surface area contributed by atoms with Crippen molar-refractivity contribution in [3.05, 3.63) is 72.2 Å². The highest BCUT2D eigenvalue weighted by molar-refractivity contribution is 5.94. The van der Waals surface area contributed by atoms with E-state index < -0.39 is 0 Å². The Morgan fingerprint density at radius 1 is 0.966 bits per heavy atom. The van der Waals surface area contributed by atoms with Crippen molar-refractivity contribution in [3.8, 4) is 0 Å². The maximum atomic E-state index is 13.0. The second-order valence-electron chi connectivity index (χ2n) is 6.46. The van der Waals surface area contributed by atoms with Crippen LogP contribution in [0.5, 0.6) is 0 Å². The summed E-state index contributed by atoms with van der Waals surface area (Å²) in [6.07, 6.45) is 2.95. The molecule has 9 heteroatoms. The molecule has 0 aliphatic carbocycles. The van der Waals surface area contributed by atoms with Crippen molar-refractivity contribution < 1.29 is 18.4 Å². The van der Waals surface area contributed by atoms with Crippen molar-refractivity contribution in [2.45, 2.75) is 0 Å². The van der Waals surface area contributed by atoms with Crippen molar-refractivity contribution in [1.82, 2.24) is 19.8 Å². The number of carbonyl (C=O) groups is 2. The third-order valence-corrected chi connectivity index (χ3v) is 4.56. The van der Waals surface area contributed by atoms with E-state index >= 15 is 0 Å². The number of piperazine rings is 1. The second kappa shape index (κ2) is 8.09. The van der Waals surface area contributed by atoms with Crippen LogP contribution in [0.2, 0.25) is 0 Å². The number of hydrogen-bond acceptors (Lipinski definition) is 6. The molecular weight excluding hydrogens is 377 g/mol. The molecule has 0 unspecified atom stereocenters. The highest BCUT2D eigenvalue weighted by Crippen LogP contribution is 2.15. The van der Waals surface area contributed by atoms with Crippen LogP contribution >= 0.6 is 0 Å². The van der Waals surface area contributed by atoms with Gasteiger partial charge in [-0.25, -0.2) is 14.4 Å². The van der Waals surface area contributed by atoms with Gasteiger partial charge in [0, 0.05) is 38.1 Å². The number of aromatic nitrogens is 2. The molecule has 3 aromatic rings. The van der Waals surface area contributed by atoms with Crippen molar-refractivity contribution in [2.24, 2.45) is 0 Å². The number of nitrogens with one attached hydrogen (secondary N) is 1. The Hall–Kier alpha value is -3.75. The Balaban J connectivity index is 1.38. The van der Waals surface area contributed by atoms with Gasteiger partial charge in [-0.2, -0.15) is 0 Å². The number of benzene rings is 1. The van der Waals surface area contributed by atoms with Crippen LogP contribution in [0.3, 0.4) is 0 Å². The Morgan fingerprint density at radius 3 is 2.31 bits per heavy atom. The number of nitrogens with zero attached hydrogens (tertiary/aromatic N) is 4. The van der Waals surface area contributed by atoms with E-state index in [0.29, 0.717) is 31.9 Å². The summed E-state index contributed by atoms with van der Waals surface area (Å²) < 4.78 is 18.2. The predicted octanol–water partition coefficient (Wildman–Crippen LogP) is 2.55. The van der Waals surface area contributed by atoms with Crippen LogP contribution in [0.15, 0.2) is 59.3 Å². The van der Waals surface area contributed by atoms with E-state index in [-0.39, 0.29) is 35.0 Å². The molecular formula is C20H18FN5O3. The fourth-order valence-electron chi connectivity index (χ4n) is 3.03. The standard InChI is InChI=1S/C20H18FN5O3/c21-14-3-5-15(6-4-14)23-20-22-8-7-16(24-20)18(27)25-9-11-26(12-10-25)19(28)17-2-1-13-29-17/h1-8,13H,9-12H2,(H,22,23,24). The van der Waals surface area contributed by atoms with E-state index in [1.807, 2.05) is 0 Å². The van der Waals surface area contributed by atoms with Crippen LogP contribution < -0.4 is 5.32 Å². The average Bonchev–Trinajstić information content (AvgIpc) is 3.30. The Morgan fingerprint density at radius 2 is 1.66 bits per heavy atom. The fraction of sp³-hybridized carbons (Fsp3) is 0.200. The van der Waals surface area contributed by atoms with E-state index in [1.54, 1.807) is 40.1 Å². The van der Waals surface area contributed by atoms with Crippen molar-refractivity contribution in [1.29, 1.82) is 0 Å². The molecule has 8 nitrogen and oxygen atoms in total. The van der Waals surface area contributed by atoms with Gasteiger partial charge in [-0.3, -0.25) is 9.59 Å². The monoisotopic (exact) mass is 395 g/mol. The lowest BCUT2D eigenvalue weighted by Crippen LogP contribution is -2.50. The Kier molecular flexibility index (Phi) is 5.19. The first-order chi connectivity index (χ1) is 14.1. The molecule has 2 aromatic heterocycles. The highest BCUT2D eigenvalue weighted by atomic mass is 19.1. The summed E-state index contributed by atoms with van der Waals surface area (Å²) in [5.74, 6) is -0.231. The minimum atomic E-state index is -0.343. The first kappa shape index (κ1) is 18.6. The van der Waals surface area contributed by atoms with Crippen LogP contribution in [-0.2, 0) is 0 Å². The molecule has 1 saturated heterocycles. The first-order valence-corrected chi connectivity index (χ1v) is 9.08. The molecule has 0 atom stereocenters. The summed E-state index contributed by atoms with van der Waals surface area (Å²) in [7, 11) is 0. The lowest BCUT2D eigenvalue weighted by Gasteiger charge is -2.34. The van der Waals surface area contributed by atoms with Crippen LogP contribution in [0, 0.1) is 5.82 Å². The zero-order valence-electron chi connectivity index (χ0n) is 15.4. The third kappa shape index (κ3) is 4.23. The molecule has 4 rings (SSSR count). The Labute approximate surface area is 166 Å². The average molecular weight is 395 g/mol. The van der Waals surface area contributed by atoms with Gasteiger partial charge in [0.05, 0.1) is 6.26 Å². The normalized spacial score (nSPS) is 14.0. The van der Waals surface area contributed by atoms with Gasteiger partial charge in [0.1, 0.15) is 11.5 Å². The van der Waals surface area contributed by atoms with E-state index in [2.05, 4.69) is 15.3 Å². The van der Waals surface area contributed by atoms with Gasteiger partial charge in [0.25, 0.3) is 11.8 Å². The molecule has 1 N–H and O–H groups in total. The van der Waals surface area contributed by atoms with E-state index in [0.717, 1.165) is 0 Å². The van der Waals surface area contributed by atoms with Crippen LogP contribution in [-0.4, -0.2) is 57.8 Å². The quantitative estimate of drug-likeness (QED) is 0.730. The van der Waals surface area contributed by atoms with Gasteiger partial charge in [0.2, 0.25) is 5.95 Å². The lowest BCUT2D eigenvalue weighted by atomic mass is 10.2. The van der Waals surface area contributed by atoms with Crippen LogP contribution in [0.25, 0.3) is 0 Å². The molecule has 0 spiro atoms. The summed E-state index contributed by atoms with van der Waals surface area (Å²) >= 11 is 0. The number of anilines is 2. The van der Waals surface area contributed by atoms with Crippen LogP contribution in [0.1, 0.15) is 21.0 Å². The molecule has 3 heterocycles. The topological polar surface area (TPSA) is 91.6 Å². The number of carbonyl (C=O) groups excluding carboxylic acids is 2. The molecule has 29 heavy (non-hydrogen) atoms. The lowest BCUT2D eigenvalue weighted by molar-refractivity contribution is 0.0515. The molecule has 2 amide bonds. The number of hydrogen-bond donors (Lipinski definition) is 1. The molecule has 0 saturated carbocycles. The smallest absolute Gasteiger partial charge is 0.289 e. The summed E-state index contributed by atoms with van der Waals surface area (Å²) in [5.41, 5.74) is 0.858. The number of amides is 2. The predicted molar refractivity (Wildman–Crippen MR) is 102 cm³/mol. The second-order valence-corrected chi connectivity index (χ2v) is 6.46. The summed E-state index contributed by atoms with van der Waals surface area (Å²) in [4.78, 5) is 36.8. The Bertz CT molecular complexity index is 999. The van der Waals surface area contributed by atoms with Crippen molar-refractivity contribution in [3.63, 3.8) is 0 Å². The van der Waals surface area contributed by atoms with Crippen molar-refractivity contribution in [2.75, 3.05) is 31.5 Å². The molecule has 1 aliphatic rings. The summed E-state index contributed by atoms with van der Waals surface area (Å²) in [6.45, 7) is 1.63. The van der Waals surface area contributed by atoms with Gasteiger partial charge < -0.3 is 19.5 Å². The molecule has 1 aliphatic heterocycles. The van der Waals surface area contributed by atoms with E-state index in [9.17, 15) is 14.0 Å². The minimum Gasteiger partial charge on any atom is -0.459 e. The molecule has 0 bridgehead atoms. The van der Waals surface area contributed by atoms with Gasteiger partial charge in [-0.05, 0) is 42.5 Å². The maximum absolute atomic E-state index is 13.0. The van der Waals surface area contributed by atoms with Gasteiger partial charge in [-0.1, -0.05) is 0 Å². The molecule has 0 radical (unpaired) electrons. The maximum Gasteiger partial charge on any atom is 0.289 e. The van der Waals surface area contributed by atoms with E-state index in [1.165, 1.54) is 24.6 Å². The molecule has 1 fully saturated rings. The van der Waals surface area contributed by atoms with Gasteiger partial charge >= 0.3 is 0 Å². The molecule has 148 valence electrons. The fourth-order valence-corrected chi connectivity index (χ4v) is 3.03. The third-order valence-electron chi connectivity index (χ3n) is 4.56.